The van der Waals surface area contributed by atoms with Crippen LogP contribution in [0, 0.1) is 0 Å². The Morgan fingerprint density at radius 3 is 1.71 bits per heavy atom. The Kier molecular flexibility index (Phi) is 19.4. The Hall–Kier alpha value is -5.06. The SMILES string of the molecule is COC[C@H](O)Cn1c(=O)cnn(-c2ccc(Cl)c(C(=O)NCC3(O)CCCCCC3)c2)c1=O.COC[C@H]1CO1.O=C(NCC1(O)CCCCCC1)c1cc(-n2ncc(=O)[nH]c2=O)ccc1Cl. The molecule has 0 bridgehead atoms. The second kappa shape index (κ2) is 24.6. The summed E-state index contributed by atoms with van der Waals surface area (Å²) in [4.78, 5) is 75.5. The number of methoxy groups -OCH3 is 2. The average molecular weight is 962 g/mol. The quantitative estimate of drug-likeness (QED) is 0.0782. The number of carbonyl (C=O) groups is 2. The molecule has 66 heavy (non-hydrogen) atoms. The van der Waals surface area contributed by atoms with Gasteiger partial charge in [-0.3, -0.25) is 28.7 Å². The van der Waals surface area contributed by atoms with Crippen LogP contribution in [0.5, 0.6) is 0 Å². The summed E-state index contributed by atoms with van der Waals surface area (Å²) in [5, 5.41) is 44.9. The van der Waals surface area contributed by atoms with Gasteiger partial charge < -0.3 is 40.2 Å². The van der Waals surface area contributed by atoms with E-state index in [1.807, 2.05) is 0 Å². The van der Waals surface area contributed by atoms with E-state index >= 15 is 0 Å². The van der Waals surface area contributed by atoms with Gasteiger partial charge in [-0.25, -0.2) is 9.59 Å². The number of benzene rings is 2. The number of aliphatic hydroxyl groups is 3. The second-order valence-electron chi connectivity index (χ2n) is 16.6. The summed E-state index contributed by atoms with van der Waals surface area (Å²) in [6, 6.07) is 8.75. The summed E-state index contributed by atoms with van der Waals surface area (Å²) in [7, 11) is 3.08. The van der Waals surface area contributed by atoms with Crippen molar-refractivity contribution in [3.05, 3.63) is 112 Å². The number of nitrogens with zero attached hydrogens (tertiary/aromatic N) is 5. The first-order valence-corrected chi connectivity index (χ1v) is 22.6. The number of hydrogen-bond donors (Lipinski definition) is 6. The highest BCUT2D eigenvalue weighted by Crippen LogP contribution is 2.28. The minimum atomic E-state index is -1.06. The van der Waals surface area contributed by atoms with Crippen molar-refractivity contribution in [3.8, 4) is 11.4 Å². The van der Waals surface area contributed by atoms with Crippen LogP contribution in [0.25, 0.3) is 11.4 Å². The number of rotatable bonds is 14. The zero-order chi connectivity index (χ0) is 47.9. The number of H-pyrrole nitrogens is 1. The number of nitrogens with one attached hydrogen (secondary N) is 3. The monoisotopic (exact) mass is 960 g/mol. The van der Waals surface area contributed by atoms with Crippen LogP contribution in [-0.4, -0.2) is 127 Å². The van der Waals surface area contributed by atoms with E-state index in [9.17, 15) is 44.1 Å². The fourth-order valence-electron chi connectivity index (χ4n) is 7.57. The van der Waals surface area contributed by atoms with Gasteiger partial charge in [0.15, 0.2) is 0 Å². The second-order valence-corrected chi connectivity index (χ2v) is 17.4. The van der Waals surface area contributed by atoms with E-state index in [0.29, 0.717) is 37.5 Å². The average Bonchev–Trinajstić information content (AvgIpc) is 4.16. The summed E-state index contributed by atoms with van der Waals surface area (Å²) < 4.78 is 17.2. The van der Waals surface area contributed by atoms with Gasteiger partial charge in [0.1, 0.15) is 18.5 Å². The molecule has 2 aliphatic carbocycles. The molecule has 360 valence electrons. The largest absolute Gasteiger partial charge is 0.389 e. The maximum absolute atomic E-state index is 12.8. The van der Waals surface area contributed by atoms with Crippen molar-refractivity contribution < 1.29 is 39.1 Å². The fraction of sp³-hybridized carbons (Fsp3) is 0.545. The number of amides is 2. The van der Waals surface area contributed by atoms with E-state index in [2.05, 4.69) is 25.8 Å². The number of aromatic amines is 1. The lowest BCUT2D eigenvalue weighted by Gasteiger charge is -2.27. The number of epoxide rings is 1. The van der Waals surface area contributed by atoms with Crippen LogP contribution in [0.15, 0.2) is 68.0 Å². The zero-order valence-corrected chi connectivity index (χ0v) is 38.5. The van der Waals surface area contributed by atoms with Gasteiger partial charge in [0.2, 0.25) is 0 Å². The number of carbonyl (C=O) groups excluding carboxylic acids is 2. The minimum absolute atomic E-state index is 0.0498. The summed E-state index contributed by atoms with van der Waals surface area (Å²) in [5.74, 6) is -0.937. The van der Waals surface area contributed by atoms with E-state index in [1.54, 1.807) is 7.11 Å². The molecule has 6 N–H and O–H groups in total. The third-order valence-corrected chi connectivity index (χ3v) is 11.9. The molecule has 22 heteroatoms. The van der Waals surface area contributed by atoms with Gasteiger partial charge in [-0.15, -0.1) is 0 Å². The Morgan fingerprint density at radius 1 is 0.788 bits per heavy atom. The molecule has 0 unspecified atom stereocenters. The van der Waals surface area contributed by atoms with Crippen molar-refractivity contribution in [2.75, 3.05) is 47.1 Å². The fourth-order valence-corrected chi connectivity index (χ4v) is 7.97. The number of hydrogen-bond acceptors (Lipinski definition) is 14. The lowest BCUT2D eigenvalue weighted by Crippen LogP contribution is -2.43. The Morgan fingerprint density at radius 2 is 1.27 bits per heavy atom. The molecule has 1 aliphatic heterocycles. The van der Waals surface area contributed by atoms with Gasteiger partial charge >= 0.3 is 11.4 Å². The van der Waals surface area contributed by atoms with Crippen molar-refractivity contribution in [2.45, 2.75) is 107 Å². The Balaban J connectivity index is 0.000000222. The lowest BCUT2D eigenvalue weighted by atomic mass is 9.94. The minimum Gasteiger partial charge on any atom is -0.389 e. The van der Waals surface area contributed by atoms with Crippen molar-refractivity contribution in [1.82, 2.24) is 39.7 Å². The van der Waals surface area contributed by atoms with Crippen LogP contribution < -0.4 is 33.1 Å². The van der Waals surface area contributed by atoms with E-state index in [4.69, 9.17) is 37.4 Å². The summed E-state index contributed by atoms with van der Waals surface area (Å²) >= 11 is 12.4. The highest BCUT2D eigenvalue weighted by Gasteiger charge is 2.30. The van der Waals surface area contributed by atoms with Crippen LogP contribution in [0.4, 0.5) is 0 Å². The Labute approximate surface area is 389 Å². The molecule has 7 rings (SSSR count). The van der Waals surface area contributed by atoms with Crippen molar-refractivity contribution in [1.29, 1.82) is 0 Å². The highest BCUT2D eigenvalue weighted by atomic mass is 35.5. The maximum Gasteiger partial charge on any atom is 0.352 e. The van der Waals surface area contributed by atoms with Gasteiger partial charge in [0.25, 0.3) is 22.9 Å². The molecule has 1 saturated heterocycles. The van der Waals surface area contributed by atoms with Gasteiger partial charge in [0.05, 0.1) is 76.2 Å². The van der Waals surface area contributed by atoms with Crippen LogP contribution in [-0.2, 0) is 20.8 Å². The summed E-state index contributed by atoms with van der Waals surface area (Å²) in [6.45, 7) is 1.59. The first-order valence-electron chi connectivity index (χ1n) is 21.8. The molecule has 3 heterocycles. The van der Waals surface area contributed by atoms with Crippen molar-refractivity contribution >= 4 is 35.0 Å². The molecule has 4 aromatic rings. The molecule has 2 aromatic heterocycles. The third-order valence-electron chi connectivity index (χ3n) is 11.3. The first-order chi connectivity index (χ1) is 31.5. The number of ether oxygens (including phenoxy) is 3. The Bertz CT molecular complexity index is 2490. The molecule has 0 radical (unpaired) electrons. The maximum atomic E-state index is 12.8. The van der Waals surface area contributed by atoms with Gasteiger partial charge in [-0.05, 0) is 62.1 Å². The number of aliphatic hydroxyl groups excluding tert-OH is 1. The van der Waals surface area contributed by atoms with Crippen LogP contribution in [0.1, 0.15) is 97.8 Å². The smallest absolute Gasteiger partial charge is 0.352 e. The van der Waals surface area contributed by atoms with Crippen molar-refractivity contribution in [3.63, 3.8) is 0 Å². The molecular weight excluding hydrogens is 903 g/mol. The van der Waals surface area contributed by atoms with Crippen LogP contribution >= 0.6 is 23.2 Å². The standard InChI is InChI=1S/C22H29ClN4O6.C18H21ClN4O4.C4H8O2/c1-33-13-16(28)12-26-19(29)11-25-27(21(26)31)15-6-7-18(23)17(10-15)20(30)24-14-22(32)8-4-2-3-5-9-22;19-14-6-5-12(23-17(26)22-15(24)10-21-23)9-13(14)16(25)20-11-18(27)7-3-1-2-4-8-18;1-5-2-4-3-6-4/h6-7,10-11,16,28,32H,2-5,8-9,12-14H2,1H3,(H,24,30);5-6,9-10,27H,1-4,7-8,11H2,(H,20,25)(H,22,24,26);4H,2-3H2,1H3/t16-;;4-/m1.0/s1. The highest BCUT2D eigenvalue weighted by molar-refractivity contribution is 6.34. The molecule has 2 saturated carbocycles. The molecule has 3 aliphatic rings. The molecule has 2 aromatic carbocycles. The zero-order valence-electron chi connectivity index (χ0n) is 37.0. The topological polar surface area (TPSA) is 275 Å². The predicted octanol–water partition coefficient (Wildman–Crippen LogP) is 2.29. The molecule has 2 amide bonds. The van der Waals surface area contributed by atoms with E-state index in [1.165, 1.54) is 43.5 Å². The molecule has 2 atom stereocenters. The van der Waals surface area contributed by atoms with Gasteiger partial charge in [-0.1, -0.05) is 74.6 Å². The lowest BCUT2D eigenvalue weighted by molar-refractivity contribution is 0.0245. The van der Waals surface area contributed by atoms with E-state index in [-0.39, 0.29) is 53.1 Å². The summed E-state index contributed by atoms with van der Waals surface area (Å²) in [5.41, 5.74) is -3.86. The normalized spacial score (nSPS) is 17.9. The van der Waals surface area contributed by atoms with Gasteiger partial charge in [-0.2, -0.15) is 19.6 Å². The number of halogens is 2. The van der Waals surface area contributed by atoms with Gasteiger partial charge in [0, 0.05) is 27.3 Å². The van der Waals surface area contributed by atoms with E-state index < -0.39 is 51.6 Å². The number of aromatic nitrogens is 6. The van der Waals surface area contributed by atoms with Crippen molar-refractivity contribution in [2.24, 2.45) is 0 Å². The molecule has 20 nitrogen and oxygen atoms in total. The third kappa shape index (κ3) is 15.2. The molecular formula is C44H58Cl2N8O12. The van der Waals surface area contributed by atoms with E-state index in [0.717, 1.165) is 90.9 Å². The predicted molar refractivity (Wildman–Crippen MR) is 244 cm³/mol. The summed E-state index contributed by atoms with van der Waals surface area (Å²) in [6.07, 6.45) is 11.8. The van der Waals surface area contributed by atoms with Crippen LogP contribution in [0.3, 0.4) is 0 Å². The van der Waals surface area contributed by atoms with Crippen LogP contribution in [0.2, 0.25) is 10.0 Å². The first kappa shape index (κ1) is 51.9. The molecule has 3 fully saturated rings. The molecule has 0 spiro atoms.